The highest BCUT2D eigenvalue weighted by atomic mass is 35.5. The topological polar surface area (TPSA) is 24.9 Å². The second kappa shape index (κ2) is 5.06. The minimum absolute atomic E-state index is 0. The van der Waals surface area contributed by atoms with Crippen LogP contribution in [0.4, 0.5) is 5.69 Å². The third-order valence-corrected chi connectivity index (χ3v) is 1.04. The zero-order valence-corrected chi connectivity index (χ0v) is 6.69. The Bertz CT molecular complexity index is 165. The Morgan fingerprint density at radius 2 is 2.40 bits per heavy atom. The first kappa shape index (κ1) is 9.24. The van der Waals surface area contributed by atoms with E-state index in [0.29, 0.717) is 0 Å². The van der Waals surface area contributed by atoms with Crippen LogP contribution in [-0.2, 0) is 0 Å². The zero-order valence-electron chi connectivity index (χ0n) is 5.87. The van der Waals surface area contributed by atoms with Crippen LogP contribution in [0.1, 0.15) is 6.92 Å². The third-order valence-electron chi connectivity index (χ3n) is 1.04. The summed E-state index contributed by atoms with van der Waals surface area (Å²) < 4.78 is 0. The van der Waals surface area contributed by atoms with Crippen LogP contribution in [0.2, 0.25) is 0 Å². The predicted molar refractivity (Wildman–Crippen MR) is 45.6 cm³/mol. The lowest BCUT2D eigenvalue weighted by molar-refractivity contribution is 1.19. The highest BCUT2D eigenvalue weighted by Crippen LogP contribution is 2.00. The van der Waals surface area contributed by atoms with Crippen molar-refractivity contribution in [1.29, 1.82) is 0 Å². The van der Waals surface area contributed by atoms with Crippen molar-refractivity contribution in [2.75, 3.05) is 11.9 Å². The van der Waals surface area contributed by atoms with E-state index in [1.807, 2.05) is 18.3 Å². The maximum atomic E-state index is 3.94. The molecule has 0 aliphatic rings. The SMILES string of the molecule is CCNc1cccnc1.Cl. The van der Waals surface area contributed by atoms with E-state index in [1.54, 1.807) is 6.20 Å². The van der Waals surface area contributed by atoms with E-state index in [4.69, 9.17) is 0 Å². The second-order valence-electron chi connectivity index (χ2n) is 1.77. The number of hydrogen-bond acceptors (Lipinski definition) is 2. The molecule has 0 spiro atoms. The van der Waals surface area contributed by atoms with Gasteiger partial charge in [0.05, 0.1) is 5.69 Å². The van der Waals surface area contributed by atoms with Crippen LogP contribution >= 0.6 is 12.4 Å². The molecular formula is C7H11ClN2. The first-order chi connectivity index (χ1) is 4.43. The average Bonchev–Trinajstić information content (AvgIpc) is 1.91. The molecule has 0 radical (unpaired) electrons. The van der Waals surface area contributed by atoms with Crippen molar-refractivity contribution in [1.82, 2.24) is 4.98 Å². The van der Waals surface area contributed by atoms with Gasteiger partial charge in [0.15, 0.2) is 0 Å². The lowest BCUT2D eigenvalue weighted by atomic mass is 10.4. The standard InChI is InChI=1S/C7H10N2.ClH/c1-2-9-7-4-3-5-8-6-7;/h3-6,9H,2H2,1H3;1H. The van der Waals surface area contributed by atoms with Gasteiger partial charge in [-0.25, -0.2) is 0 Å². The fourth-order valence-corrected chi connectivity index (χ4v) is 0.671. The van der Waals surface area contributed by atoms with Gasteiger partial charge in [-0.1, -0.05) is 0 Å². The van der Waals surface area contributed by atoms with Crippen LogP contribution in [0.25, 0.3) is 0 Å². The van der Waals surface area contributed by atoms with Gasteiger partial charge in [-0.05, 0) is 19.1 Å². The average molecular weight is 159 g/mol. The molecule has 1 heterocycles. The molecule has 0 atom stereocenters. The number of nitrogens with zero attached hydrogens (tertiary/aromatic N) is 1. The number of aromatic nitrogens is 1. The molecule has 0 amide bonds. The lowest BCUT2D eigenvalue weighted by Gasteiger charge is -1.98. The molecular weight excluding hydrogens is 148 g/mol. The molecule has 1 aromatic rings. The Morgan fingerprint density at radius 3 is 2.90 bits per heavy atom. The molecule has 1 N–H and O–H groups in total. The van der Waals surface area contributed by atoms with E-state index in [1.165, 1.54) is 0 Å². The van der Waals surface area contributed by atoms with Crippen molar-refractivity contribution in [3.8, 4) is 0 Å². The van der Waals surface area contributed by atoms with Gasteiger partial charge < -0.3 is 5.32 Å². The third kappa shape index (κ3) is 2.69. The van der Waals surface area contributed by atoms with Gasteiger partial charge in [-0.15, -0.1) is 12.4 Å². The van der Waals surface area contributed by atoms with Gasteiger partial charge in [0.2, 0.25) is 0 Å². The smallest absolute Gasteiger partial charge is 0.0526 e. The molecule has 0 aliphatic heterocycles. The van der Waals surface area contributed by atoms with Crippen molar-refractivity contribution in [3.05, 3.63) is 24.5 Å². The fourth-order valence-electron chi connectivity index (χ4n) is 0.671. The summed E-state index contributed by atoms with van der Waals surface area (Å²) in [4.78, 5) is 3.94. The Hall–Kier alpha value is -0.760. The summed E-state index contributed by atoms with van der Waals surface area (Å²) in [5.74, 6) is 0. The number of halogens is 1. The number of nitrogens with one attached hydrogen (secondary N) is 1. The minimum atomic E-state index is 0. The number of pyridine rings is 1. The monoisotopic (exact) mass is 158 g/mol. The van der Waals surface area contributed by atoms with Gasteiger partial charge in [0.1, 0.15) is 0 Å². The first-order valence-electron chi connectivity index (χ1n) is 3.07. The largest absolute Gasteiger partial charge is 0.384 e. The molecule has 10 heavy (non-hydrogen) atoms. The van der Waals surface area contributed by atoms with Gasteiger partial charge in [0, 0.05) is 18.9 Å². The van der Waals surface area contributed by atoms with E-state index in [2.05, 4.69) is 17.2 Å². The van der Waals surface area contributed by atoms with Crippen LogP contribution in [0, 0.1) is 0 Å². The van der Waals surface area contributed by atoms with E-state index >= 15 is 0 Å². The van der Waals surface area contributed by atoms with Crippen molar-refractivity contribution < 1.29 is 0 Å². The van der Waals surface area contributed by atoms with E-state index in [9.17, 15) is 0 Å². The van der Waals surface area contributed by atoms with Crippen molar-refractivity contribution in [2.45, 2.75) is 6.92 Å². The summed E-state index contributed by atoms with van der Waals surface area (Å²) in [5, 5.41) is 3.14. The van der Waals surface area contributed by atoms with Crippen LogP contribution in [0.3, 0.4) is 0 Å². The summed E-state index contributed by atoms with van der Waals surface area (Å²) in [6.45, 7) is 3.01. The molecule has 0 aromatic carbocycles. The summed E-state index contributed by atoms with van der Waals surface area (Å²) in [7, 11) is 0. The van der Waals surface area contributed by atoms with E-state index in [0.717, 1.165) is 12.2 Å². The zero-order chi connectivity index (χ0) is 6.53. The molecule has 0 saturated heterocycles. The van der Waals surface area contributed by atoms with E-state index < -0.39 is 0 Å². The highest BCUT2D eigenvalue weighted by Gasteiger charge is 1.82. The molecule has 0 unspecified atom stereocenters. The number of rotatable bonds is 2. The number of anilines is 1. The minimum Gasteiger partial charge on any atom is -0.384 e. The summed E-state index contributed by atoms with van der Waals surface area (Å²) in [5.41, 5.74) is 1.08. The quantitative estimate of drug-likeness (QED) is 0.712. The predicted octanol–water partition coefficient (Wildman–Crippen LogP) is 1.94. The molecule has 0 aliphatic carbocycles. The molecule has 56 valence electrons. The highest BCUT2D eigenvalue weighted by molar-refractivity contribution is 5.85. The van der Waals surface area contributed by atoms with Crippen molar-refractivity contribution in [2.24, 2.45) is 0 Å². The summed E-state index contributed by atoms with van der Waals surface area (Å²) >= 11 is 0. The molecule has 3 heteroatoms. The van der Waals surface area contributed by atoms with E-state index in [-0.39, 0.29) is 12.4 Å². The molecule has 0 saturated carbocycles. The normalized spacial score (nSPS) is 8.10. The Kier molecular flexibility index (Phi) is 4.67. The Labute approximate surface area is 67.1 Å². The first-order valence-corrected chi connectivity index (χ1v) is 3.07. The molecule has 0 fully saturated rings. The van der Waals surface area contributed by atoms with Crippen molar-refractivity contribution >= 4 is 18.1 Å². The summed E-state index contributed by atoms with van der Waals surface area (Å²) in [6.07, 6.45) is 3.57. The maximum absolute atomic E-state index is 3.94. The molecule has 0 bridgehead atoms. The Morgan fingerprint density at radius 1 is 1.60 bits per heavy atom. The van der Waals surface area contributed by atoms with Crippen LogP contribution in [-0.4, -0.2) is 11.5 Å². The van der Waals surface area contributed by atoms with Crippen molar-refractivity contribution in [3.63, 3.8) is 0 Å². The van der Waals surface area contributed by atoms with Crippen LogP contribution in [0.15, 0.2) is 24.5 Å². The summed E-state index contributed by atoms with van der Waals surface area (Å²) in [6, 6.07) is 3.91. The molecule has 1 aromatic heterocycles. The van der Waals surface area contributed by atoms with Gasteiger partial charge in [0.25, 0.3) is 0 Å². The van der Waals surface area contributed by atoms with Gasteiger partial charge in [-0.3, -0.25) is 4.98 Å². The van der Waals surface area contributed by atoms with Gasteiger partial charge >= 0.3 is 0 Å². The molecule has 1 rings (SSSR count). The second-order valence-corrected chi connectivity index (χ2v) is 1.77. The molecule has 2 nitrogen and oxygen atoms in total. The van der Waals surface area contributed by atoms with Crippen LogP contribution < -0.4 is 5.32 Å². The Balaban J connectivity index is 0.000000810. The maximum Gasteiger partial charge on any atom is 0.0526 e. The fraction of sp³-hybridized carbons (Fsp3) is 0.286. The number of hydrogen-bond donors (Lipinski definition) is 1. The lowest BCUT2D eigenvalue weighted by Crippen LogP contribution is -1.95. The van der Waals surface area contributed by atoms with Crippen LogP contribution in [0.5, 0.6) is 0 Å². The van der Waals surface area contributed by atoms with Gasteiger partial charge in [-0.2, -0.15) is 0 Å².